The van der Waals surface area contributed by atoms with Crippen molar-refractivity contribution >= 4 is 54.2 Å². The van der Waals surface area contributed by atoms with Gasteiger partial charge in [-0.05, 0) is 67.6 Å². The van der Waals surface area contributed by atoms with Crippen LogP contribution in [0, 0.1) is 5.92 Å². The second kappa shape index (κ2) is 14.7. The zero-order valence-electron chi connectivity index (χ0n) is 22.3. The first-order valence-corrected chi connectivity index (χ1v) is 18.9. The molecule has 0 saturated carbocycles. The quantitative estimate of drug-likeness (QED) is 0.146. The lowest BCUT2D eigenvalue weighted by molar-refractivity contribution is 0.611. The lowest BCUT2D eigenvalue weighted by Crippen LogP contribution is -2.35. The Morgan fingerprint density at radius 3 is 1.03 bits per heavy atom. The lowest BCUT2D eigenvalue weighted by atomic mass is 10.1. The Kier molecular flexibility index (Phi) is 11.3. The van der Waals surface area contributed by atoms with Crippen molar-refractivity contribution in [3.63, 3.8) is 0 Å². The Bertz CT molecular complexity index is 996. The molecule has 0 amide bonds. The third kappa shape index (κ3) is 7.81. The van der Waals surface area contributed by atoms with Crippen molar-refractivity contribution < 1.29 is 0 Å². The molecule has 0 fully saturated rings. The van der Waals surface area contributed by atoms with Crippen molar-refractivity contribution in [3.8, 4) is 0 Å². The van der Waals surface area contributed by atoms with Crippen molar-refractivity contribution in [2.45, 2.75) is 25.7 Å². The van der Waals surface area contributed by atoms with Crippen molar-refractivity contribution in [1.29, 1.82) is 0 Å². The summed E-state index contributed by atoms with van der Waals surface area (Å²) in [7, 11) is 1.17. The van der Waals surface area contributed by atoms with Crippen LogP contribution in [-0.4, -0.2) is 29.5 Å². The molecule has 0 radical (unpaired) electrons. The van der Waals surface area contributed by atoms with Gasteiger partial charge in [0.1, 0.15) is 0 Å². The zero-order chi connectivity index (χ0) is 25.9. The fraction of sp³-hybridized carbons (Fsp3) is 0.273. The summed E-state index contributed by atoms with van der Waals surface area (Å²) < 4.78 is 0. The van der Waals surface area contributed by atoms with Gasteiger partial charge in [-0.2, -0.15) is 0 Å². The fourth-order valence-electron chi connectivity index (χ4n) is 5.10. The SMILES string of the molecule is CCPC(C)(PCC)C(CP(c1ccccc1)c1ccccc1)CP(c1ccccc1)c1ccccc1. The van der Waals surface area contributed by atoms with Gasteiger partial charge in [0, 0.05) is 4.90 Å². The Balaban J connectivity index is 1.79. The molecule has 4 rings (SSSR count). The van der Waals surface area contributed by atoms with E-state index in [9.17, 15) is 0 Å². The van der Waals surface area contributed by atoms with E-state index in [4.69, 9.17) is 0 Å². The third-order valence-corrected chi connectivity index (χ3v) is 16.3. The Morgan fingerprint density at radius 1 is 0.514 bits per heavy atom. The van der Waals surface area contributed by atoms with Crippen LogP contribution in [0.1, 0.15) is 20.8 Å². The van der Waals surface area contributed by atoms with E-state index in [0.717, 1.165) is 17.2 Å². The first-order valence-electron chi connectivity index (χ1n) is 13.4. The fourth-order valence-corrected chi connectivity index (χ4v) is 15.4. The van der Waals surface area contributed by atoms with Crippen molar-refractivity contribution in [2.75, 3.05) is 24.6 Å². The summed E-state index contributed by atoms with van der Waals surface area (Å²) in [4.78, 5) is 0.387. The molecule has 0 saturated heterocycles. The van der Waals surface area contributed by atoms with E-state index < -0.39 is 15.8 Å². The molecule has 0 bridgehead atoms. The van der Waals surface area contributed by atoms with Crippen LogP contribution in [0.2, 0.25) is 0 Å². The Labute approximate surface area is 231 Å². The number of rotatable bonds is 13. The lowest BCUT2D eigenvalue weighted by Gasteiger charge is -2.42. The highest BCUT2D eigenvalue weighted by molar-refractivity contribution is 7.74. The molecular formula is C33H40P4. The average molecular weight is 561 g/mol. The molecule has 4 aromatic carbocycles. The topological polar surface area (TPSA) is 0 Å². The number of benzene rings is 4. The molecular weight excluding hydrogens is 520 g/mol. The first-order chi connectivity index (χ1) is 18.1. The monoisotopic (exact) mass is 560 g/mol. The summed E-state index contributed by atoms with van der Waals surface area (Å²) >= 11 is 0. The first kappa shape index (κ1) is 28.6. The van der Waals surface area contributed by atoms with Gasteiger partial charge in [-0.1, -0.05) is 142 Å². The Morgan fingerprint density at radius 2 is 0.784 bits per heavy atom. The highest BCUT2D eigenvalue weighted by Crippen LogP contribution is 2.57. The molecule has 0 aliphatic rings. The van der Waals surface area contributed by atoms with Crippen LogP contribution in [0.3, 0.4) is 0 Å². The maximum absolute atomic E-state index is 2.63. The molecule has 2 atom stereocenters. The molecule has 192 valence electrons. The van der Waals surface area contributed by atoms with Crippen LogP contribution in [0.5, 0.6) is 0 Å². The van der Waals surface area contributed by atoms with Gasteiger partial charge >= 0.3 is 0 Å². The van der Waals surface area contributed by atoms with Gasteiger partial charge in [-0.15, -0.1) is 17.2 Å². The second-order valence-corrected chi connectivity index (χ2v) is 18.7. The summed E-state index contributed by atoms with van der Waals surface area (Å²) in [6, 6.07) is 45.4. The van der Waals surface area contributed by atoms with Gasteiger partial charge in [0.05, 0.1) is 0 Å². The maximum atomic E-state index is 2.63. The van der Waals surface area contributed by atoms with Gasteiger partial charge in [-0.3, -0.25) is 0 Å². The van der Waals surface area contributed by atoms with E-state index in [0.29, 0.717) is 10.8 Å². The van der Waals surface area contributed by atoms with Gasteiger partial charge in [0.2, 0.25) is 0 Å². The van der Waals surface area contributed by atoms with Gasteiger partial charge in [0.25, 0.3) is 0 Å². The molecule has 4 heteroatoms. The van der Waals surface area contributed by atoms with E-state index in [1.807, 2.05) is 0 Å². The highest BCUT2D eigenvalue weighted by Gasteiger charge is 2.37. The Hall–Kier alpha value is -1.40. The summed E-state index contributed by atoms with van der Waals surface area (Å²) in [5.74, 6) is 0.669. The van der Waals surface area contributed by atoms with E-state index in [-0.39, 0.29) is 0 Å². The molecule has 0 N–H and O–H groups in total. The van der Waals surface area contributed by atoms with E-state index >= 15 is 0 Å². The van der Waals surface area contributed by atoms with Gasteiger partial charge in [0.15, 0.2) is 0 Å². The zero-order valence-corrected chi connectivity index (χ0v) is 26.1. The molecule has 0 heterocycles. The predicted molar refractivity (Wildman–Crippen MR) is 177 cm³/mol. The molecule has 0 aromatic heterocycles. The van der Waals surface area contributed by atoms with Crippen molar-refractivity contribution in [3.05, 3.63) is 121 Å². The summed E-state index contributed by atoms with van der Waals surface area (Å²) in [6.07, 6.45) is 5.09. The van der Waals surface area contributed by atoms with Crippen LogP contribution in [0.15, 0.2) is 121 Å². The predicted octanol–water partition coefficient (Wildman–Crippen LogP) is 7.98. The number of hydrogen-bond donors (Lipinski definition) is 0. The molecule has 0 nitrogen and oxygen atoms in total. The largest absolute Gasteiger partial charge is 0.112 e. The van der Waals surface area contributed by atoms with Crippen LogP contribution >= 0.6 is 33.0 Å². The summed E-state index contributed by atoms with van der Waals surface area (Å²) in [6.45, 7) is 7.42. The van der Waals surface area contributed by atoms with Crippen LogP contribution in [0.4, 0.5) is 0 Å². The minimum absolute atomic E-state index is 0.387. The molecule has 0 aliphatic heterocycles. The maximum Gasteiger partial charge on any atom is 0.00567 e. The van der Waals surface area contributed by atoms with Gasteiger partial charge in [-0.25, -0.2) is 0 Å². The van der Waals surface area contributed by atoms with Crippen molar-refractivity contribution in [1.82, 2.24) is 0 Å². The van der Waals surface area contributed by atoms with Crippen LogP contribution in [0.25, 0.3) is 0 Å². The van der Waals surface area contributed by atoms with E-state index in [1.165, 1.54) is 45.9 Å². The standard InChI is InChI=1S/C33H40P4/c1-4-34-33(3,35-5-2)28(26-36(29-18-10-6-11-19-29)30-20-12-7-13-21-30)27-37(31-22-14-8-15-23-31)32-24-16-9-17-25-32/h6-25,28,34-35H,4-5,26-27H2,1-3H3. The second-order valence-electron chi connectivity index (χ2n) is 9.52. The smallest absolute Gasteiger partial charge is 0.00567 e. The molecule has 37 heavy (non-hydrogen) atoms. The van der Waals surface area contributed by atoms with Crippen LogP contribution in [-0.2, 0) is 0 Å². The number of hydrogen-bond acceptors (Lipinski definition) is 0. The minimum Gasteiger partial charge on any atom is -0.112 e. The van der Waals surface area contributed by atoms with E-state index in [2.05, 4.69) is 142 Å². The van der Waals surface area contributed by atoms with Crippen LogP contribution < -0.4 is 21.2 Å². The summed E-state index contributed by atoms with van der Waals surface area (Å²) in [5.41, 5.74) is 0. The molecule has 2 unspecified atom stereocenters. The normalized spacial score (nSPS) is 13.9. The minimum atomic E-state index is -0.425. The molecule has 0 spiro atoms. The van der Waals surface area contributed by atoms with Crippen molar-refractivity contribution in [2.24, 2.45) is 5.92 Å². The van der Waals surface area contributed by atoms with E-state index in [1.54, 1.807) is 0 Å². The average Bonchev–Trinajstić information content (AvgIpc) is 2.95. The third-order valence-electron chi connectivity index (χ3n) is 6.98. The molecule has 4 aromatic rings. The summed E-state index contributed by atoms with van der Waals surface area (Å²) in [5, 5.41) is 6.05. The van der Waals surface area contributed by atoms with Gasteiger partial charge < -0.3 is 0 Å². The highest BCUT2D eigenvalue weighted by atomic mass is 31.1. The molecule has 0 aliphatic carbocycles.